The van der Waals surface area contributed by atoms with E-state index < -0.39 is 198 Å². The number of aliphatic hydroxyl groups excluding tert-OH is 1. The van der Waals surface area contributed by atoms with Crippen molar-refractivity contribution in [2.24, 2.45) is 22.5 Å². The Morgan fingerprint density at radius 3 is 1.82 bits per heavy atom. The van der Waals surface area contributed by atoms with Gasteiger partial charge in [-0.2, -0.15) is 0 Å². The van der Waals surface area contributed by atoms with Crippen molar-refractivity contribution < 1.29 is 116 Å². The third-order valence-corrected chi connectivity index (χ3v) is 18.2. The van der Waals surface area contributed by atoms with E-state index in [0.29, 0.717) is 0 Å². The average Bonchev–Trinajstić information content (AvgIpc) is 0.670. The highest BCUT2D eigenvalue weighted by Gasteiger charge is 2.78. The molecule has 7 rings (SSSR count). The molecule has 512 valence electrons. The Hall–Kier alpha value is -9.45. The summed E-state index contributed by atoms with van der Waals surface area (Å²) < 4.78 is 36.8. The molecular weight excluding hydrogens is 1250 g/mol. The normalized spacial score (nSPS) is 25.5. The van der Waals surface area contributed by atoms with E-state index in [0.717, 1.165) is 13.8 Å². The highest BCUT2D eigenvalue weighted by atomic mass is 16.6. The SMILES string of the molecule is CC(=O)O[C@H]1C(=O)[C@@]2(C)[C@H]([C@H](OC(=O)c3ccccc3)[C@]3(O)C[C@H](OC(=O)[C@H](OC(=O)CCC(NC(=O)CCCNC(=O)C(N)CCC(=O)NC(CCC(=O)O)C(=O)O)C(=O)O)[C@@H](NC(=O)c4ccccc4)c4ccccc4)C(C)=C1C3(C)C)[C@]1(OC(C)=O)CO[C@@H]1C[C@@H]2O. The second kappa shape index (κ2) is 30.7. The first-order valence-corrected chi connectivity index (χ1v) is 30.8. The van der Waals surface area contributed by atoms with Crippen LogP contribution in [0.3, 0.4) is 0 Å². The van der Waals surface area contributed by atoms with Crippen LogP contribution in [0.5, 0.6) is 0 Å². The van der Waals surface area contributed by atoms with E-state index in [1.165, 1.54) is 76.2 Å². The molecule has 0 aromatic heterocycles. The van der Waals surface area contributed by atoms with Crippen LogP contribution in [0.25, 0.3) is 0 Å². The van der Waals surface area contributed by atoms with Gasteiger partial charge in [-0.15, -0.1) is 0 Å². The summed E-state index contributed by atoms with van der Waals surface area (Å²) in [5.41, 5.74) is -2.64. The molecule has 2 bridgehead atoms. The first-order valence-electron chi connectivity index (χ1n) is 30.8. The zero-order valence-electron chi connectivity index (χ0n) is 53.1. The van der Waals surface area contributed by atoms with E-state index in [9.17, 15) is 73.2 Å². The Bertz CT molecular complexity index is 3460. The lowest BCUT2D eigenvalue weighted by Crippen LogP contribution is -2.82. The monoisotopic (exact) mass is 1330 g/mol. The highest BCUT2D eigenvalue weighted by Crippen LogP contribution is 2.64. The minimum atomic E-state index is -2.61. The van der Waals surface area contributed by atoms with E-state index in [1.54, 1.807) is 42.5 Å². The van der Waals surface area contributed by atoms with Gasteiger partial charge in [-0.05, 0) is 80.5 Å². The molecule has 95 heavy (non-hydrogen) atoms. The number of esters is 5. The summed E-state index contributed by atoms with van der Waals surface area (Å²) in [6.07, 6.45) is -15.3. The summed E-state index contributed by atoms with van der Waals surface area (Å²) in [5, 5.41) is 64.5. The number of aliphatic hydroxyl groups is 2. The molecule has 4 aliphatic rings. The Morgan fingerprint density at radius 2 is 1.27 bits per heavy atom. The van der Waals surface area contributed by atoms with Crippen LogP contribution >= 0.6 is 0 Å². The number of nitrogens with two attached hydrogens (primary N) is 1. The molecule has 0 spiro atoms. The van der Waals surface area contributed by atoms with Crippen LogP contribution in [0, 0.1) is 16.7 Å². The van der Waals surface area contributed by atoms with Gasteiger partial charge in [-0.3, -0.25) is 43.2 Å². The van der Waals surface area contributed by atoms with Crippen LogP contribution in [0.15, 0.2) is 102 Å². The van der Waals surface area contributed by atoms with Crippen molar-refractivity contribution >= 4 is 77.2 Å². The fourth-order valence-electron chi connectivity index (χ4n) is 13.1. The largest absolute Gasteiger partial charge is 0.481 e. The van der Waals surface area contributed by atoms with Gasteiger partial charge in [0.05, 0.1) is 35.6 Å². The first-order chi connectivity index (χ1) is 44.8. The number of nitrogens with one attached hydrogen (secondary N) is 4. The van der Waals surface area contributed by atoms with Gasteiger partial charge in [-0.25, -0.2) is 19.2 Å². The molecule has 1 aliphatic heterocycles. The van der Waals surface area contributed by atoms with Gasteiger partial charge < -0.3 is 81.0 Å². The number of aliphatic carboxylic acids is 3. The Kier molecular flexibility index (Phi) is 23.6. The Labute approximate surface area is 545 Å². The summed E-state index contributed by atoms with van der Waals surface area (Å²) in [4.78, 5) is 174. The lowest BCUT2D eigenvalue weighted by molar-refractivity contribution is -0.346. The van der Waals surface area contributed by atoms with Gasteiger partial charge >= 0.3 is 47.8 Å². The minimum absolute atomic E-state index is 0.00266. The van der Waals surface area contributed by atoms with Crippen LogP contribution in [-0.2, 0) is 81.2 Å². The van der Waals surface area contributed by atoms with Gasteiger partial charge in [0.25, 0.3) is 5.91 Å². The molecule has 1 heterocycles. The Morgan fingerprint density at radius 1 is 0.705 bits per heavy atom. The molecule has 3 aliphatic carbocycles. The summed E-state index contributed by atoms with van der Waals surface area (Å²) >= 11 is 0. The molecule has 4 amide bonds. The van der Waals surface area contributed by atoms with Crippen molar-refractivity contribution in [3.8, 4) is 0 Å². The number of benzene rings is 3. The zero-order valence-corrected chi connectivity index (χ0v) is 53.1. The molecule has 11 N–H and O–H groups in total. The van der Waals surface area contributed by atoms with Crippen LogP contribution < -0.4 is 27.0 Å². The molecule has 2 saturated carbocycles. The lowest BCUT2D eigenvalue weighted by Gasteiger charge is -2.67. The summed E-state index contributed by atoms with van der Waals surface area (Å²) in [6.45, 7) is 7.21. The Balaban J connectivity index is 1.18. The molecule has 14 atom stereocenters. The fourth-order valence-corrected chi connectivity index (χ4v) is 13.1. The topological polar surface area (TPSA) is 453 Å². The maximum absolute atomic E-state index is 15.9. The molecule has 3 aromatic rings. The van der Waals surface area contributed by atoms with Gasteiger partial charge in [-0.1, -0.05) is 80.6 Å². The molecule has 29 nitrogen and oxygen atoms in total. The van der Waals surface area contributed by atoms with Crippen LogP contribution in [0.2, 0.25) is 0 Å². The molecule has 29 heteroatoms. The van der Waals surface area contributed by atoms with E-state index in [4.69, 9.17) is 39.3 Å². The summed E-state index contributed by atoms with van der Waals surface area (Å²) in [6, 6.07) is 16.7. The molecule has 1 saturated heterocycles. The van der Waals surface area contributed by atoms with Crippen molar-refractivity contribution in [3.63, 3.8) is 0 Å². The average molecular weight is 1330 g/mol. The van der Waals surface area contributed by atoms with Crippen molar-refractivity contribution in [2.75, 3.05) is 13.2 Å². The lowest BCUT2D eigenvalue weighted by atomic mass is 9.44. The number of carbonyl (C=O) groups is 13. The number of fused-ring (bicyclic) bond motifs is 5. The maximum atomic E-state index is 15.9. The number of carbonyl (C=O) groups excluding carboxylic acids is 10. The van der Waals surface area contributed by atoms with Crippen LogP contribution in [0.1, 0.15) is 138 Å². The molecule has 3 aromatic carbocycles. The second-order valence-corrected chi connectivity index (χ2v) is 24.7. The van der Waals surface area contributed by atoms with Gasteiger partial charge in [0.2, 0.25) is 23.8 Å². The molecule has 0 radical (unpaired) electrons. The van der Waals surface area contributed by atoms with Gasteiger partial charge in [0, 0.05) is 69.9 Å². The number of Topliss-reactive ketones (excluding diaryl/α,β-unsaturated/α-hetero) is 1. The predicted octanol–water partition coefficient (Wildman–Crippen LogP) is 2.07. The standard InChI is InChI=1S/C66H79N5O24/c1-34-43(32-66(89)56(94-61(87)39-21-14-9-15-22-39)54-64(6,44(74)31-45-65(54,33-90-45)95-36(3)73)55(80)52(91-35(2)72)50(34)63(66,4)5)92-62(88)53(51(37-17-10-7-11-18-37)71-57(81)38-19-12-8-13-20-38)93-49(79)29-26-42(60(85)86)69-46(75)23-16-30-68-58(82)40(67)24-27-47(76)70-41(59(83)84)25-28-48(77)78/h7-15,17-22,40-45,51-54,56,74,89H,16,23-33,67H2,1-6H3,(H,68,82)(H,69,75)(H,70,76)(H,71,81)(H,77,78)(H,83,84)(H,85,86)/t40?,41?,42?,43-,44-,45+,51-,52+,53+,54-,56-,64+,65-,66+/m0/s1. The summed E-state index contributed by atoms with van der Waals surface area (Å²) in [5.74, 6) is -15.8. The number of ether oxygens (including phenoxy) is 6. The minimum Gasteiger partial charge on any atom is -0.481 e. The van der Waals surface area contributed by atoms with Crippen molar-refractivity contribution in [3.05, 3.63) is 119 Å². The number of amides is 4. The zero-order chi connectivity index (χ0) is 69.9. The van der Waals surface area contributed by atoms with Crippen LogP contribution in [0.4, 0.5) is 0 Å². The van der Waals surface area contributed by atoms with E-state index in [1.807, 2.05) is 0 Å². The van der Waals surface area contributed by atoms with E-state index in [-0.39, 0.29) is 72.9 Å². The van der Waals surface area contributed by atoms with E-state index in [2.05, 4.69) is 21.3 Å². The quantitative estimate of drug-likeness (QED) is 0.0206. The molecular formula is C66H79N5O24. The van der Waals surface area contributed by atoms with Crippen molar-refractivity contribution in [2.45, 2.75) is 178 Å². The first kappa shape index (κ1) is 73.0. The van der Waals surface area contributed by atoms with Gasteiger partial charge in [0.15, 0.2) is 17.5 Å². The number of rotatable bonds is 29. The number of carboxylic acids is 3. The van der Waals surface area contributed by atoms with Crippen molar-refractivity contribution in [1.29, 1.82) is 0 Å². The van der Waals surface area contributed by atoms with E-state index >= 15 is 9.59 Å². The van der Waals surface area contributed by atoms with Gasteiger partial charge in [0.1, 0.15) is 42.0 Å². The third-order valence-electron chi connectivity index (χ3n) is 18.2. The maximum Gasteiger partial charge on any atom is 0.350 e. The number of hydrogen-bond acceptors (Lipinski definition) is 22. The van der Waals surface area contributed by atoms with Crippen molar-refractivity contribution in [1.82, 2.24) is 21.3 Å². The van der Waals surface area contributed by atoms with Crippen LogP contribution in [-0.4, -0.2) is 182 Å². The third kappa shape index (κ3) is 16.4. The highest BCUT2D eigenvalue weighted by molar-refractivity contribution is 5.97. The second-order valence-electron chi connectivity index (χ2n) is 24.7. The number of ketones is 1. The molecule has 3 unspecified atom stereocenters. The molecule has 3 fully saturated rings. The predicted molar refractivity (Wildman–Crippen MR) is 326 cm³/mol. The number of hydrogen-bond donors (Lipinski definition) is 10. The fraction of sp³-hybridized carbons (Fsp3) is 0.500. The number of carboxylic acid groups (broad SMARTS) is 3. The summed E-state index contributed by atoms with van der Waals surface area (Å²) in [7, 11) is 0. The smallest absolute Gasteiger partial charge is 0.350 e.